The number of hydrogen-bond donors (Lipinski definition) is 1. The highest BCUT2D eigenvalue weighted by atomic mass is 16.5. The van der Waals surface area contributed by atoms with E-state index in [0.29, 0.717) is 12.1 Å². The van der Waals surface area contributed by atoms with Gasteiger partial charge in [-0.25, -0.2) is 0 Å². The first-order chi connectivity index (χ1) is 9.61. The minimum Gasteiger partial charge on any atom is -0.491 e. The number of hydrogen-bond acceptors (Lipinski definition) is 3. The topological polar surface area (TPSA) is 24.5 Å². The zero-order valence-electron chi connectivity index (χ0n) is 13.2. The van der Waals surface area contributed by atoms with Crippen LogP contribution in [0.4, 0.5) is 0 Å². The molecule has 0 saturated carbocycles. The monoisotopic (exact) mass is 276 g/mol. The molecule has 20 heavy (non-hydrogen) atoms. The van der Waals surface area contributed by atoms with Crippen LogP contribution in [0.25, 0.3) is 0 Å². The minimum absolute atomic E-state index is 0.231. The molecule has 1 saturated heterocycles. The second kappa shape index (κ2) is 7.09. The van der Waals surface area contributed by atoms with Crippen LogP contribution in [0, 0.1) is 0 Å². The summed E-state index contributed by atoms with van der Waals surface area (Å²) < 4.78 is 5.71. The van der Waals surface area contributed by atoms with Crippen molar-refractivity contribution in [3.63, 3.8) is 0 Å². The summed E-state index contributed by atoms with van der Waals surface area (Å²) in [5, 5.41) is 3.46. The first-order valence-corrected chi connectivity index (χ1v) is 7.85. The summed E-state index contributed by atoms with van der Waals surface area (Å²) in [5.41, 5.74) is 1.37. The molecular formula is C17H28N2O. The van der Waals surface area contributed by atoms with Crippen LogP contribution in [0.15, 0.2) is 24.3 Å². The maximum Gasteiger partial charge on any atom is 0.119 e. The van der Waals surface area contributed by atoms with E-state index < -0.39 is 0 Å². The predicted molar refractivity (Wildman–Crippen MR) is 84.3 cm³/mol. The Labute approximate surface area is 123 Å². The zero-order valence-corrected chi connectivity index (χ0v) is 13.2. The van der Waals surface area contributed by atoms with Gasteiger partial charge in [0, 0.05) is 18.6 Å². The van der Waals surface area contributed by atoms with Gasteiger partial charge in [-0.05, 0) is 58.0 Å². The maximum atomic E-state index is 5.71. The second-order valence-electron chi connectivity index (χ2n) is 5.89. The highest BCUT2D eigenvalue weighted by Gasteiger charge is 2.25. The SMILES string of the molecule is CCN(C1CCNC1)C(C)c1ccc(OC(C)C)cc1. The van der Waals surface area contributed by atoms with Crippen LogP contribution in [0.5, 0.6) is 5.75 Å². The fraction of sp³-hybridized carbons (Fsp3) is 0.647. The third kappa shape index (κ3) is 3.74. The van der Waals surface area contributed by atoms with Gasteiger partial charge in [0.25, 0.3) is 0 Å². The largest absolute Gasteiger partial charge is 0.491 e. The Morgan fingerprint density at radius 1 is 1.25 bits per heavy atom. The first-order valence-electron chi connectivity index (χ1n) is 7.85. The molecule has 1 aliphatic rings. The Kier molecular flexibility index (Phi) is 5.44. The van der Waals surface area contributed by atoms with E-state index in [9.17, 15) is 0 Å². The molecule has 3 nitrogen and oxygen atoms in total. The Balaban J connectivity index is 2.04. The number of likely N-dealkylation sites (N-methyl/N-ethyl adjacent to an activating group) is 1. The van der Waals surface area contributed by atoms with Crippen molar-refractivity contribution in [3.8, 4) is 5.75 Å². The summed E-state index contributed by atoms with van der Waals surface area (Å²) in [6.07, 6.45) is 1.49. The van der Waals surface area contributed by atoms with Crippen LogP contribution < -0.4 is 10.1 Å². The van der Waals surface area contributed by atoms with Gasteiger partial charge in [-0.15, -0.1) is 0 Å². The Bertz CT molecular complexity index is 396. The van der Waals surface area contributed by atoms with Crippen molar-refractivity contribution in [1.82, 2.24) is 10.2 Å². The third-order valence-electron chi connectivity index (χ3n) is 4.10. The molecule has 0 radical (unpaired) electrons. The lowest BCUT2D eigenvalue weighted by molar-refractivity contribution is 0.162. The molecule has 1 aromatic rings. The van der Waals surface area contributed by atoms with E-state index in [1.807, 2.05) is 0 Å². The lowest BCUT2D eigenvalue weighted by Gasteiger charge is -2.33. The van der Waals surface area contributed by atoms with Crippen molar-refractivity contribution in [2.45, 2.75) is 52.3 Å². The van der Waals surface area contributed by atoms with Gasteiger partial charge in [0.05, 0.1) is 6.10 Å². The molecule has 1 aliphatic heterocycles. The Morgan fingerprint density at radius 2 is 1.95 bits per heavy atom. The molecule has 2 rings (SSSR count). The van der Waals surface area contributed by atoms with Crippen LogP contribution >= 0.6 is 0 Å². The fourth-order valence-corrected chi connectivity index (χ4v) is 3.06. The van der Waals surface area contributed by atoms with Crippen LogP contribution in [-0.4, -0.2) is 36.7 Å². The molecule has 1 fully saturated rings. The minimum atomic E-state index is 0.231. The van der Waals surface area contributed by atoms with Gasteiger partial charge in [-0.1, -0.05) is 19.1 Å². The quantitative estimate of drug-likeness (QED) is 0.863. The van der Waals surface area contributed by atoms with E-state index >= 15 is 0 Å². The second-order valence-corrected chi connectivity index (χ2v) is 5.89. The van der Waals surface area contributed by atoms with Crippen LogP contribution in [-0.2, 0) is 0 Å². The predicted octanol–water partition coefficient (Wildman–Crippen LogP) is 3.22. The summed E-state index contributed by atoms with van der Waals surface area (Å²) in [7, 11) is 0. The van der Waals surface area contributed by atoms with Crippen molar-refractivity contribution in [3.05, 3.63) is 29.8 Å². The highest BCUT2D eigenvalue weighted by Crippen LogP contribution is 2.26. The number of benzene rings is 1. The summed E-state index contributed by atoms with van der Waals surface area (Å²) >= 11 is 0. The van der Waals surface area contributed by atoms with Gasteiger partial charge in [-0.3, -0.25) is 4.90 Å². The number of nitrogens with zero attached hydrogens (tertiary/aromatic N) is 1. The van der Waals surface area contributed by atoms with Crippen LogP contribution in [0.3, 0.4) is 0 Å². The van der Waals surface area contributed by atoms with Gasteiger partial charge in [0.2, 0.25) is 0 Å². The molecule has 2 atom stereocenters. The van der Waals surface area contributed by atoms with Gasteiger partial charge >= 0.3 is 0 Å². The molecule has 2 unspecified atom stereocenters. The Hall–Kier alpha value is -1.06. The van der Waals surface area contributed by atoms with Gasteiger partial charge in [-0.2, -0.15) is 0 Å². The van der Waals surface area contributed by atoms with Crippen molar-refractivity contribution in [1.29, 1.82) is 0 Å². The molecule has 0 aromatic heterocycles. The van der Waals surface area contributed by atoms with E-state index in [2.05, 4.69) is 62.2 Å². The molecule has 0 aliphatic carbocycles. The van der Waals surface area contributed by atoms with Crippen LogP contribution in [0.2, 0.25) is 0 Å². The molecule has 0 spiro atoms. The normalized spacial score (nSPS) is 20.6. The molecule has 3 heteroatoms. The van der Waals surface area contributed by atoms with E-state index in [4.69, 9.17) is 4.74 Å². The van der Waals surface area contributed by atoms with E-state index in [0.717, 1.165) is 25.4 Å². The van der Waals surface area contributed by atoms with E-state index in [1.54, 1.807) is 0 Å². The summed E-state index contributed by atoms with van der Waals surface area (Å²) in [5.74, 6) is 0.960. The highest BCUT2D eigenvalue weighted by molar-refractivity contribution is 5.29. The zero-order chi connectivity index (χ0) is 14.5. The average molecular weight is 276 g/mol. The van der Waals surface area contributed by atoms with Crippen molar-refractivity contribution >= 4 is 0 Å². The van der Waals surface area contributed by atoms with Crippen LogP contribution in [0.1, 0.15) is 45.7 Å². The number of ether oxygens (including phenoxy) is 1. The van der Waals surface area contributed by atoms with Gasteiger partial charge in [0.15, 0.2) is 0 Å². The number of nitrogens with one attached hydrogen (secondary N) is 1. The van der Waals surface area contributed by atoms with E-state index in [-0.39, 0.29) is 6.10 Å². The smallest absolute Gasteiger partial charge is 0.119 e. The standard InChI is InChI=1S/C17H28N2O/c1-5-19(16-10-11-18-12-16)14(4)15-6-8-17(9-7-15)20-13(2)3/h6-9,13-14,16,18H,5,10-12H2,1-4H3. The lowest BCUT2D eigenvalue weighted by atomic mass is 10.0. The van der Waals surface area contributed by atoms with Gasteiger partial charge < -0.3 is 10.1 Å². The molecule has 1 aromatic carbocycles. The maximum absolute atomic E-state index is 5.71. The van der Waals surface area contributed by atoms with E-state index in [1.165, 1.54) is 12.0 Å². The Morgan fingerprint density at radius 3 is 2.45 bits per heavy atom. The molecular weight excluding hydrogens is 248 g/mol. The molecule has 0 bridgehead atoms. The average Bonchev–Trinajstić information content (AvgIpc) is 2.93. The molecule has 1 N–H and O–H groups in total. The first kappa shape index (κ1) is 15.3. The fourth-order valence-electron chi connectivity index (χ4n) is 3.06. The summed E-state index contributed by atoms with van der Waals surface area (Å²) in [6, 6.07) is 9.71. The van der Waals surface area contributed by atoms with Crippen molar-refractivity contribution in [2.75, 3.05) is 19.6 Å². The summed E-state index contributed by atoms with van der Waals surface area (Å²) in [6.45, 7) is 12.0. The van der Waals surface area contributed by atoms with Gasteiger partial charge in [0.1, 0.15) is 5.75 Å². The molecule has 112 valence electrons. The van der Waals surface area contributed by atoms with Crippen molar-refractivity contribution < 1.29 is 4.74 Å². The molecule has 1 heterocycles. The number of rotatable bonds is 6. The molecule has 0 amide bonds. The van der Waals surface area contributed by atoms with Crippen molar-refractivity contribution in [2.24, 2.45) is 0 Å². The summed E-state index contributed by atoms with van der Waals surface area (Å²) in [4.78, 5) is 2.60. The third-order valence-corrected chi connectivity index (χ3v) is 4.10. The lowest BCUT2D eigenvalue weighted by Crippen LogP contribution is -2.38.